The first-order chi connectivity index (χ1) is 14.4. The van der Waals surface area contributed by atoms with Crippen molar-refractivity contribution in [2.75, 3.05) is 13.7 Å². The van der Waals surface area contributed by atoms with Crippen LogP contribution in [0.2, 0.25) is 0 Å². The third kappa shape index (κ3) is 3.78. The summed E-state index contributed by atoms with van der Waals surface area (Å²) >= 11 is 0. The highest BCUT2D eigenvalue weighted by Gasteiger charge is 2.33. The first-order valence-corrected chi connectivity index (χ1v) is 8.83. The van der Waals surface area contributed by atoms with Crippen LogP contribution in [0, 0.1) is 23.7 Å². The molecule has 0 unspecified atom stereocenters. The predicted molar refractivity (Wildman–Crippen MR) is 107 cm³/mol. The molecule has 0 aliphatic carbocycles. The van der Waals surface area contributed by atoms with Crippen molar-refractivity contribution in [3.63, 3.8) is 0 Å². The Bertz CT molecular complexity index is 1200. The molecule has 0 saturated carbocycles. The summed E-state index contributed by atoms with van der Waals surface area (Å²) in [6, 6.07) is 11.8. The molecule has 0 atom stereocenters. The number of nitrogens with zero attached hydrogens (tertiary/aromatic N) is 2. The highest BCUT2D eigenvalue weighted by molar-refractivity contribution is 6.19. The number of amides is 2. The number of likely N-dealkylation sites (N-methyl/N-ethyl adjacent to an activating group) is 1. The Labute approximate surface area is 172 Å². The number of furan rings is 1. The quantitative estimate of drug-likeness (QED) is 0.339. The van der Waals surface area contributed by atoms with Gasteiger partial charge in [0.2, 0.25) is 0 Å². The third-order valence-corrected chi connectivity index (χ3v) is 4.53. The second kappa shape index (κ2) is 8.34. The van der Waals surface area contributed by atoms with Crippen LogP contribution in [0.25, 0.3) is 17.4 Å². The fourth-order valence-electron chi connectivity index (χ4n) is 2.92. The second-order valence-electron chi connectivity index (χ2n) is 6.40. The summed E-state index contributed by atoms with van der Waals surface area (Å²) in [6.45, 7) is 1.42. The molecule has 2 amide bonds. The highest BCUT2D eigenvalue weighted by Crippen LogP contribution is 2.29. The van der Waals surface area contributed by atoms with Crippen LogP contribution in [0.3, 0.4) is 0 Å². The van der Waals surface area contributed by atoms with Crippen LogP contribution >= 0.6 is 0 Å². The number of esters is 1. The van der Waals surface area contributed by atoms with Crippen molar-refractivity contribution in [2.24, 2.45) is 0 Å². The van der Waals surface area contributed by atoms with E-state index in [1.807, 2.05) is 6.07 Å². The van der Waals surface area contributed by atoms with E-state index >= 15 is 0 Å². The molecule has 1 aliphatic heterocycles. The number of imide groups is 1. The minimum absolute atomic E-state index is 0.0895. The van der Waals surface area contributed by atoms with E-state index in [2.05, 4.69) is 5.92 Å². The molecule has 2 heterocycles. The highest BCUT2D eigenvalue weighted by atomic mass is 16.5. The maximum atomic E-state index is 12.5. The van der Waals surface area contributed by atoms with Crippen LogP contribution < -0.4 is 0 Å². The van der Waals surface area contributed by atoms with Crippen LogP contribution in [0.4, 0.5) is 0 Å². The fourth-order valence-corrected chi connectivity index (χ4v) is 2.92. The van der Waals surface area contributed by atoms with Crippen molar-refractivity contribution >= 4 is 23.9 Å². The van der Waals surface area contributed by atoms with Crippen molar-refractivity contribution in [1.29, 1.82) is 5.26 Å². The van der Waals surface area contributed by atoms with Crippen LogP contribution in [-0.2, 0) is 14.3 Å². The lowest BCUT2D eigenvalue weighted by atomic mass is 9.95. The van der Waals surface area contributed by atoms with Gasteiger partial charge in [-0.15, -0.1) is 6.42 Å². The predicted octanol–water partition coefficient (Wildman–Crippen LogP) is 2.96. The summed E-state index contributed by atoms with van der Waals surface area (Å²) in [4.78, 5) is 37.4. The molecule has 0 radical (unpaired) electrons. The molecule has 7 heteroatoms. The molecule has 0 fully saturated rings. The van der Waals surface area contributed by atoms with Crippen molar-refractivity contribution in [3.8, 4) is 29.7 Å². The average molecular weight is 400 g/mol. The van der Waals surface area contributed by atoms with Gasteiger partial charge in [0.15, 0.2) is 6.61 Å². The lowest BCUT2D eigenvalue weighted by molar-refractivity contribution is -0.138. The molecule has 0 bridgehead atoms. The van der Waals surface area contributed by atoms with Gasteiger partial charge in [-0.1, -0.05) is 18.1 Å². The average Bonchev–Trinajstić information content (AvgIpc) is 3.23. The Morgan fingerprint density at radius 3 is 2.73 bits per heavy atom. The van der Waals surface area contributed by atoms with E-state index in [9.17, 15) is 19.6 Å². The lowest BCUT2D eigenvalue weighted by Gasteiger charge is -2.23. The number of carbonyl (C=O) groups excluding carboxylic acids is 3. The molecular formula is C23H16N2O5. The summed E-state index contributed by atoms with van der Waals surface area (Å²) in [6.07, 6.45) is 6.57. The zero-order valence-electron chi connectivity index (χ0n) is 16.3. The van der Waals surface area contributed by atoms with E-state index in [4.69, 9.17) is 15.6 Å². The maximum absolute atomic E-state index is 12.5. The Kier molecular flexibility index (Phi) is 5.66. The number of ether oxygens (including phenoxy) is 1. The molecule has 0 N–H and O–H groups in total. The van der Waals surface area contributed by atoms with E-state index in [0.717, 1.165) is 4.90 Å². The first kappa shape index (κ1) is 20.4. The molecule has 1 aromatic heterocycles. The number of hydrogen-bond acceptors (Lipinski definition) is 6. The summed E-state index contributed by atoms with van der Waals surface area (Å²) in [5.74, 6) is 1.35. The molecule has 30 heavy (non-hydrogen) atoms. The summed E-state index contributed by atoms with van der Waals surface area (Å²) < 4.78 is 10.7. The Morgan fingerprint density at radius 2 is 2.03 bits per heavy atom. The smallest absolute Gasteiger partial charge is 0.339 e. The van der Waals surface area contributed by atoms with Crippen LogP contribution in [0.1, 0.15) is 23.0 Å². The van der Waals surface area contributed by atoms with E-state index in [1.165, 1.54) is 13.1 Å². The zero-order valence-corrected chi connectivity index (χ0v) is 16.3. The molecule has 7 nitrogen and oxygen atoms in total. The standard InChI is InChI=1S/C23H16N2O5/c1-4-10-29-23(28)16-7-5-6-15(11-16)20-9-8-17(30-20)12-18-14(2)19(13-24)22(27)25(3)21(18)26/h1,5-9,11-12H,10H2,2-3H3/b18-12+. The number of nitriles is 1. The minimum Gasteiger partial charge on any atom is -0.457 e. The molecule has 1 aliphatic rings. The van der Waals surface area contributed by atoms with Gasteiger partial charge in [0, 0.05) is 18.2 Å². The van der Waals surface area contributed by atoms with Gasteiger partial charge in [-0.2, -0.15) is 5.26 Å². The second-order valence-corrected chi connectivity index (χ2v) is 6.40. The molecule has 1 aromatic carbocycles. The van der Waals surface area contributed by atoms with Gasteiger partial charge in [0.1, 0.15) is 23.2 Å². The number of rotatable bonds is 4. The molecule has 0 saturated heterocycles. The fraction of sp³-hybridized carbons (Fsp3) is 0.130. The first-order valence-electron chi connectivity index (χ1n) is 8.83. The van der Waals surface area contributed by atoms with E-state index in [1.54, 1.807) is 43.3 Å². The number of hydrogen-bond donors (Lipinski definition) is 0. The van der Waals surface area contributed by atoms with Crippen molar-refractivity contribution in [2.45, 2.75) is 6.92 Å². The Hall–Kier alpha value is -4.36. The van der Waals surface area contributed by atoms with Crippen LogP contribution in [0.5, 0.6) is 0 Å². The van der Waals surface area contributed by atoms with Gasteiger partial charge in [-0.25, -0.2) is 4.79 Å². The lowest BCUT2D eigenvalue weighted by Crippen LogP contribution is -2.39. The monoisotopic (exact) mass is 400 g/mol. The topological polar surface area (TPSA) is 101 Å². The third-order valence-electron chi connectivity index (χ3n) is 4.53. The zero-order chi connectivity index (χ0) is 21.8. The van der Waals surface area contributed by atoms with Crippen LogP contribution in [0.15, 0.2) is 57.5 Å². The van der Waals surface area contributed by atoms with Gasteiger partial charge in [-0.3, -0.25) is 14.5 Å². The summed E-state index contributed by atoms with van der Waals surface area (Å²) in [5.41, 5.74) is 1.34. The van der Waals surface area contributed by atoms with Crippen molar-refractivity contribution < 1.29 is 23.5 Å². The largest absolute Gasteiger partial charge is 0.457 e. The van der Waals surface area contributed by atoms with Gasteiger partial charge in [0.05, 0.1) is 5.56 Å². The normalized spacial score (nSPS) is 15.2. The molecule has 0 spiro atoms. The Balaban J connectivity index is 1.94. The van der Waals surface area contributed by atoms with Crippen molar-refractivity contribution in [1.82, 2.24) is 4.90 Å². The van der Waals surface area contributed by atoms with Gasteiger partial charge in [0.25, 0.3) is 11.8 Å². The van der Waals surface area contributed by atoms with E-state index in [0.29, 0.717) is 28.2 Å². The van der Waals surface area contributed by atoms with Gasteiger partial charge < -0.3 is 9.15 Å². The number of benzene rings is 1. The van der Waals surface area contributed by atoms with Crippen LogP contribution in [-0.4, -0.2) is 36.3 Å². The Morgan fingerprint density at radius 1 is 1.27 bits per heavy atom. The van der Waals surface area contributed by atoms with Gasteiger partial charge in [-0.05, 0) is 42.8 Å². The molecule has 2 aromatic rings. The minimum atomic E-state index is -0.633. The molecule has 3 rings (SSSR count). The van der Waals surface area contributed by atoms with Crippen molar-refractivity contribution in [3.05, 3.63) is 64.4 Å². The van der Waals surface area contributed by atoms with E-state index < -0.39 is 17.8 Å². The summed E-state index contributed by atoms with van der Waals surface area (Å²) in [7, 11) is 1.32. The molecule has 148 valence electrons. The van der Waals surface area contributed by atoms with Gasteiger partial charge >= 0.3 is 5.97 Å². The number of carbonyl (C=O) groups is 3. The maximum Gasteiger partial charge on any atom is 0.339 e. The molecular weight excluding hydrogens is 384 g/mol. The van der Waals surface area contributed by atoms with E-state index in [-0.39, 0.29) is 17.8 Å². The summed E-state index contributed by atoms with van der Waals surface area (Å²) in [5, 5.41) is 9.23. The SMILES string of the molecule is C#CCOC(=O)c1cccc(-c2ccc(/C=C3/C(=O)N(C)C(=O)C(C#N)=C3C)o2)c1. The number of terminal acetylenes is 1.